The summed E-state index contributed by atoms with van der Waals surface area (Å²) in [7, 11) is 0. The average molecular weight is 194 g/mol. The van der Waals surface area contributed by atoms with Gasteiger partial charge >= 0.3 is 5.97 Å². The zero-order chi connectivity index (χ0) is 10.6. The zero-order valence-electron chi connectivity index (χ0n) is 7.83. The molecule has 14 heavy (non-hydrogen) atoms. The van der Waals surface area contributed by atoms with Crippen LogP contribution in [0.15, 0.2) is 24.3 Å². The van der Waals surface area contributed by atoms with Gasteiger partial charge in [0.25, 0.3) is 0 Å². The fraction of sp³-hybridized carbons (Fsp3) is 0.182. The van der Waals surface area contributed by atoms with Crippen molar-refractivity contribution in [2.45, 2.75) is 13.3 Å². The van der Waals surface area contributed by atoms with E-state index in [4.69, 9.17) is 5.11 Å². The minimum atomic E-state index is -0.922. The maximum absolute atomic E-state index is 13.2. The Morgan fingerprint density at radius 2 is 2.29 bits per heavy atom. The molecule has 0 atom stereocenters. The van der Waals surface area contributed by atoms with E-state index in [2.05, 4.69) is 0 Å². The highest BCUT2D eigenvalue weighted by molar-refractivity contribution is 5.70. The summed E-state index contributed by atoms with van der Waals surface area (Å²) in [5, 5.41) is 8.36. The van der Waals surface area contributed by atoms with Crippen LogP contribution in [0.5, 0.6) is 0 Å². The highest BCUT2D eigenvalue weighted by Crippen LogP contribution is 2.11. The summed E-state index contributed by atoms with van der Waals surface area (Å²) in [5.74, 6) is -1.25. The van der Waals surface area contributed by atoms with Gasteiger partial charge in [0.2, 0.25) is 0 Å². The number of benzene rings is 1. The molecule has 0 amide bonds. The molecule has 0 spiro atoms. The molecule has 0 bridgehead atoms. The number of aliphatic carboxylic acids is 1. The van der Waals surface area contributed by atoms with E-state index in [9.17, 15) is 9.18 Å². The van der Waals surface area contributed by atoms with Crippen molar-refractivity contribution < 1.29 is 14.3 Å². The molecule has 0 aromatic heterocycles. The predicted molar refractivity (Wildman–Crippen MR) is 52.4 cm³/mol. The highest BCUT2D eigenvalue weighted by atomic mass is 19.1. The number of hydrogen-bond donors (Lipinski definition) is 1. The third-order valence-electron chi connectivity index (χ3n) is 1.75. The first-order chi connectivity index (χ1) is 6.59. The first-order valence-corrected chi connectivity index (χ1v) is 4.24. The third-order valence-corrected chi connectivity index (χ3v) is 1.75. The number of rotatable bonds is 3. The lowest BCUT2D eigenvalue weighted by Crippen LogP contribution is -1.90. The summed E-state index contributed by atoms with van der Waals surface area (Å²) >= 11 is 0. The van der Waals surface area contributed by atoms with Gasteiger partial charge in [0, 0.05) is 5.56 Å². The van der Waals surface area contributed by atoms with E-state index >= 15 is 0 Å². The second-order valence-electron chi connectivity index (χ2n) is 3.03. The summed E-state index contributed by atoms with van der Waals surface area (Å²) < 4.78 is 13.2. The smallest absolute Gasteiger partial charge is 0.307 e. The van der Waals surface area contributed by atoms with E-state index < -0.39 is 5.97 Å². The molecule has 0 radical (unpaired) electrons. The molecule has 1 aromatic carbocycles. The van der Waals surface area contributed by atoms with Crippen molar-refractivity contribution in [1.82, 2.24) is 0 Å². The normalized spacial score (nSPS) is 10.7. The molecular weight excluding hydrogens is 183 g/mol. The van der Waals surface area contributed by atoms with Crippen molar-refractivity contribution >= 4 is 12.0 Å². The van der Waals surface area contributed by atoms with E-state index in [0.29, 0.717) is 5.56 Å². The topological polar surface area (TPSA) is 37.3 Å². The molecule has 1 aromatic rings. The van der Waals surface area contributed by atoms with Gasteiger partial charge in [-0.3, -0.25) is 4.79 Å². The predicted octanol–water partition coefficient (Wildman–Crippen LogP) is 2.62. The van der Waals surface area contributed by atoms with Crippen LogP contribution in [-0.2, 0) is 4.79 Å². The summed E-state index contributed by atoms with van der Waals surface area (Å²) in [6.45, 7) is 1.80. The third kappa shape index (κ3) is 3.01. The van der Waals surface area contributed by atoms with Crippen LogP contribution in [0.1, 0.15) is 17.5 Å². The van der Waals surface area contributed by atoms with E-state index in [-0.39, 0.29) is 12.2 Å². The molecule has 3 heteroatoms. The molecule has 0 unspecified atom stereocenters. The van der Waals surface area contributed by atoms with Crippen LogP contribution in [0.4, 0.5) is 4.39 Å². The molecule has 0 fully saturated rings. The molecule has 0 saturated heterocycles. The minimum Gasteiger partial charge on any atom is -0.481 e. The van der Waals surface area contributed by atoms with Gasteiger partial charge in [-0.15, -0.1) is 0 Å². The zero-order valence-corrected chi connectivity index (χ0v) is 7.83. The number of carbonyl (C=O) groups is 1. The fourth-order valence-electron chi connectivity index (χ4n) is 1.05. The maximum atomic E-state index is 13.2. The lowest BCUT2D eigenvalue weighted by molar-refractivity contribution is -0.135. The summed E-state index contributed by atoms with van der Waals surface area (Å²) in [4.78, 5) is 10.2. The number of carboxylic acids is 1. The Bertz CT molecular complexity index is 370. The quantitative estimate of drug-likeness (QED) is 0.803. The van der Waals surface area contributed by atoms with Crippen LogP contribution in [0, 0.1) is 12.7 Å². The number of halogens is 1. The summed E-state index contributed by atoms with van der Waals surface area (Å²) in [6.07, 6.45) is 2.81. The lowest BCUT2D eigenvalue weighted by Gasteiger charge is -1.97. The maximum Gasteiger partial charge on any atom is 0.307 e. The van der Waals surface area contributed by atoms with Crippen LogP contribution in [0.2, 0.25) is 0 Å². The van der Waals surface area contributed by atoms with Gasteiger partial charge in [0.15, 0.2) is 0 Å². The molecule has 0 saturated carbocycles. The minimum absolute atomic E-state index is 0.0900. The molecule has 0 aliphatic carbocycles. The molecule has 74 valence electrons. The summed E-state index contributed by atoms with van der Waals surface area (Å²) in [5.41, 5.74) is 1.26. The first-order valence-electron chi connectivity index (χ1n) is 4.24. The highest BCUT2D eigenvalue weighted by Gasteiger charge is 1.98. The Labute approximate surface area is 81.7 Å². The Morgan fingerprint density at radius 3 is 2.86 bits per heavy atom. The van der Waals surface area contributed by atoms with E-state index in [0.717, 1.165) is 5.56 Å². The van der Waals surface area contributed by atoms with Crippen molar-refractivity contribution in [1.29, 1.82) is 0 Å². The second-order valence-corrected chi connectivity index (χ2v) is 3.03. The molecule has 0 aliphatic heterocycles. The Kier molecular flexibility index (Phi) is 3.40. The first kappa shape index (κ1) is 10.4. The van der Waals surface area contributed by atoms with Crippen molar-refractivity contribution in [2.24, 2.45) is 0 Å². The standard InChI is InChI=1S/C11H11FO2/c1-8-5-6-9(10(12)7-8)3-2-4-11(13)14/h2-3,5-7H,4H2,1H3,(H,13,14). The Morgan fingerprint density at radius 1 is 1.57 bits per heavy atom. The molecule has 0 heterocycles. The average Bonchev–Trinajstić information content (AvgIpc) is 2.08. The van der Waals surface area contributed by atoms with Crippen molar-refractivity contribution in [3.05, 3.63) is 41.2 Å². The molecule has 1 rings (SSSR count). The number of carboxylic acid groups (broad SMARTS) is 1. The SMILES string of the molecule is Cc1ccc(C=CCC(=O)O)c(F)c1. The molecular formula is C11H11FO2. The molecule has 2 nitrogen and oxygen atoms in total. The summed E-state index contributed by atoms with van der Waals surface area (Å²) in [6, 6.07) is 4.83. The van der Waals surface area contributed by atoms with E-state index in [1.54, 1.807) is 19.1 Å². The van der Waals surface area contributed by atoms with Crippen LogP contribution in [0.3, 0.4) is 0 Å². The Hall–Kier alpha value is -1.64. The van der Waals surface area contributed by atoms with E-state index in [1.165, 1.54) is 18.2 Å². The van der Waals surface area contributed by atoms with Gasteiger partial charge in [-0.1, -0.05) is 24.3 Å². The second kappa shape index (κ2) is 4.56. The van der Waals surface area contributed by atoms with Crippen LogP contribution < -0.4 is 0 Å². The fourth-order valence-corrected chi connectivity index (χ4v) is 1.05. The number of hydrogen-bond acceptors (Lipinski definition) is 1. The van der Waals surface area contributed by atoms with Gasteiger partial charge < -0.3 is 5.11 Å². The number of aryl methyl sites for hydroxylation is 1. The van der Waals surface area contributed by atoms with Gasteiger partial charge in [0.05, 0.1) is 6.42 Å². The van der Waals surface area contributed by atoms with Crippen LogP contribution in [-0.4, -0.2) is 11.1 Å². The van der Waals surface area contributed by atoms with Gasteiger partial charge in [-0.25, -0.2) is 4.39 Å². The van der Waals surface area contributed by atoms with Crippen LogP contribution >= 0.6 is 0 Å². The van der Waals surface area contributed by atoms with E-state index in [1.807, 2.05) is 0 Å². The van der Waals surface area contributed by atoms with Crippen molar-refractivity contribution in [3.8, 4) is 0 Å². The lowest BCUT2D eigenvalue weighted by atomic mass is 10.1. The molecule has 1 N–H and O–H groups in total. The van der Waals surface area contributed by atoms with Gasteiger partial charge in [0.1, 0.15) is 5.82 Å². The van der Waals surface area contributed by atoms with Crippen molar-refractivity contribution in [2.75, 3.05) is 0 Å². The van der Waals surface area contributed by atoms with Crippen LogP contribution in [0.25, 0.3) is 6.08 Å². The van der Waals surface area contributed by atoms with Crippen molar-refractivity contribution in [3.63, 3.8) is 0 Å². The van der Waals surface area contributed by atoms with Gasteiger partial charge in [-0.2, -0.15) is 0 Å². The van der Waals surface area contributed by atoms with Gasteiger partial charge in [-0.05, 0) is 18.6 Å². The largest absolute Gasteiger partial charge is 0.481 e. The Balaban J connectivity index is 2.76. The monoisotopic (exact) mass is 194 g/mol. The molecule has 0 aliphatic rings.